The van der Waals surface area contributed by atoms with Crippen LogP contribution in [0.5, 0.6) is 5.75 Å². The third-order valence-electron chi connectivity index (χ3n) is 3.64. The van der Waals surface area contributed by atoms with E-state index in [4.69, 9.17) is 23.8 Å². The predicted molar refractivity (Wildman–Crippen MR) is 113 cm³/mol. The third-order valence-corrected chi connectivity index (χ3v) is 5.50. The van der Waals surface area contributed by atoms with Crippen LogP contribution in [-0.4, -0.2) is 55.8 Å². The number of hydrogen-bond acceptors (Lipinski definition) is 5. The van der Waals surface area contributed by atoms with Crippen LogP contribution in [-0.2, 0) is 10.1 Å². The highest BCUT2D eigenvalue weighted by molar-refractivity contribution is 7.88. The summed E-state index contributed by atoms with van der Waals surface area (Å²) in [6.07, 6.45) is 0. The Morgan fingerprint density at radius 3 is 1.90 bits per heavy atom. The SMILES string of the molecule is CN(C)C(=S)N(C)N=C(c1ccc(Cl)cc1)c1ccc(OS(=O)(=O)C(F)(F)F)cc1. The Hall–Kier alpha value is -2.37. The average Bonchev–Trinajstić information content (AvgIpc) is 2.65. The largest absolute Gasteiger partial charge is 0.534 e. The van der Waals surface area contributed by atoms with Crippen LogP contribution in [0.1, 0.15) is 11.1 Å². The summed E-state index contributed by atoms with van der Waals surface area (Å²) in [5, 5.41) is 6.88. The molecule has 162 valence electrons. The Kier molecular flexibility index (Phi) is 7.32. The quantitative estimate of drug-likeness (QED) is 0.211. The molecule has 0 bridgehead atoms. The molecule has 30 heavy (non-hydrogen) atoms. The Bertz CT molecular complexity index is 1040. The second-order valence-corrected chi connectivity index (χ2v) is 8.50. The first-order valence-corrected chi connectivity index (χ1v) is 10.4. The highest BCUT2D eigenvalue weighted by atomic mass is 35.5. The van der Waals surface area contributed by atoms with Gasteiger partial charge in [0.2, 0.25) is 0 Å². The lowest BCUT2D eigenvalue weighted by Crippen LogP contribution is -2.33. The van der Waals surface area contributed by atoms with Crippen molar-refractivity contribution in [3.8, 4) is 5.75 Å². The molecule has 0 N–H and O–H groups in total. The minimum atomic E-state index is -5.76. The first-order chi connectivity index (χ1) is 13.8. The standard InChI is InChI=1S/C18H17ClF3N3O3S2/c1-24(2)17(29)25(3)23-16(12-4-8-14(19)9-5-12)13-6-10-15(11-7-13)28-30(26,27)18(20,21)22/h4-11H,1-3H3. The van der Waals surface area contributed by atoms with Crippen molar-refractivity contribution in [3.63, 3.8) is 0 Å². The molecule has 0 amide bonds. The van der Waals surface area contributed by atoms with E-state index in [1.54, 1.807) is 50.3 Å². The van der Waals surface area contributed by atoms with Crippen LogP contribution >= 0.6 is 23.8 Å². The molecule has 0 radical (unpaired) electrons. The summed E-state index contributed by atoms with van der Waals surface area (Å²) >= 11 is 11.2. The molecule has 0 atom stereocenters. The highest BCUT2D eigenvalue weighted by Gasteiger charge is 2.48. The van der Waals surface area contributed by atoms with Crippen molar-refractivity contribution < 1.29 is 25.8 Å². The van der Waals surface area contributed by atoms with Crippen molar-refractivity contribution in [2.24, 2.45) is 5.10 Å². The molecule has 0 saturated carbocycles. The lowest BCUT2D eigenvalue weighted by atomic mass is 10.0. The summed E-state index contributed by atoms with van der Waals surface area (Å²) in [6, 6.07) is 11.7. The second-order valence-electron chi connectivity index (χ2n) is 6.16. The van der Waals surface area contributed by atoms with Crippen molar-refractivity contribution in [2.45, 2.75) is 5.51 Å². The van der Waals surface area contributed by atoms with Crippen molar-refractivity contribution in [3.05, 3.63) is 64.7 Å². The molecule has 0 heterocycles. The van der Waals surface area contributed by atoms with Gasteiger partial charge in [-0.25, -0.2) is 5.01 Å². The van der Waals surface area contributed by atoms with Gasteiger partial charge in [-0.1, -0.05) is 23.7 Å². The van der Waals surface area contributed by atoms with E-state index in [-0.39, 0.29) is 0 Å². The summed E-state index contributed by atoms with van der Waals surface area (Å²) < 4.78 is 64.0. The molecule has 2 aromatic carbocycles. The Morgan fingerprint density at radius 1 is 1.00 bits per heavy atom. The fraction of sp³-hybridized carbons (Fsp3) is 0.222. The summed E-state index contributed by atoms with van der Waals surface area (Å²) in [5.41, 5.74) is -3.94. The molecule has 0 unspecified atom stereocenters. The first-order valence-electron chi connectivity index (χ1n) is 8.22. The van der Waals surface area contributed by atoms with Crippen LogP contribution in [0.2, 0.25) is 5.02 Å². The van der Waals surface area contributed by atoms with E-state index >= 15 is 0 Å². The van der Waals surface area contributed by atoms with Crippen molar-refractivity contribution in [1.82, 2.24) is 9.91 Å². The zero-order valence-electron chi connectivity index (χ0n) is 16.0. The van der Waals surface area contributed by atoms with Crippen molar-refractivity contribution in [2.75, 3.05) is 21.1 Å². The fourth-order valence-corrected chi connectivity index (χ4v) is 2.84. The molecule has 12 heteroatoms. The van der Waals surface area contributed by atoms with Gasteiger partial charge in [-0.3, -0.25) is 0 Å². The number of nitrogens with zero attached hydrogens (tertiary/aromatic N) is 3. The minimum Gasteiger partial charge on any atom is -0.376 e. The number of thiocarbonyl (C=S) groups is 1. The summed E-state index contributed by atoms with van der Waals surface area (Å²) in [4.78, 5) is 1.68. The van der Waals surface area contributed by atoms with Gasteiger partial charge in [0.1, 0.15) is 5.75 Å². The van der Waals surface area contributed by atoms with Crippen LogP contribution < -0.4 is 4.18 Å². The van der Waals surface area contributed by atoms with Crippen LogP contribution in [0.4, 0.5) is 13.2 Å². The highest BCUT2D eigenvalue weighted by Crippen LogP contribution is 2.27. The van der Waals surface area contributed by atoms with Gasteiger partial charge in [0.25, 0.3) is 0 Å². The third kappa shape index (κ3) is 5.83. The summed E-state index contributed by atoms with van der Waals surface area (Å²) in [6.45, 7) is 0. The lowest BCUT2D eigenvalue weighted by Gasteiger charge is -2.22. The molecular weight excluding hydrogens is 463 g/mol. The van der Waals surface area contributed by atoms with Gasteiger partial charge in [-0.15, -0.1) is 0 Å². The van der Waals surface area contributed by atoms with E-state index in [2.05, 4.69) is 9.28 Å². The number of benzene rings is 2. The predicted octanol–water partition coefficient (Wildman–Crippen LogP) is 4.10. The van der Waals surface area contributed by atoms with Gasteiger partial charge in [0.15, 0.2) is 5.11 Å². The number of halogens is 4. The van der Waals surface area contributed by atoms with Crippen molar-refractivity contribution in [1.29, 1.82) is 0 Å². The van der Waals surface area contributed by atoms with Gasteiger partial charge in [-0.05, 0) is 48.6 Å². The average molecular weight is 480 g/mol. The maximum Gasteiger partial charge on any atom is 0.534 e. The molecule has 0 saturated heterocycles. The van der Waals surface area contributed by atoms with E-state index < -0.39 is 21.4 Å². The number of rotatable bonds is 5. The minimum absolute atomic E-state index is 0.415. The Balaban J connectivity index is 2.44. The number of hydrazone groups is 1. The van der Waals surface area contributed by atoms with Gasteiger partial charge < -0.3 is 9.08 Å². The smallest absolute Gasteiger partial charge is 0.376 e. The molecule has 0 aromatic heterocycles. The first kappa shape index (κ1) is 23.9. The molecule has 2 rings (SSSR count). The zero-order chi connectivity index (χ0) is 22.7. The van der Waals surface area contributed by atoms with E-state index in [0.29, 0.717) is 27.0 Å². The Labute approximate surface area is 182 Å². The van der Waals surface area contributed by atoms with Crippen LogP contribution in [0.25, 0.3) is 0 Å². The van der Waals surface area contributed by atoms with Crippen LogP contribution in [0, 0.1) is 0 Å². The van der Waals surface area contributed by atoms with E-state index in [1.165, 1.54) is 17.1 Å². The van der Waals surface area contributed by atoms with Gasteiger partial charge in [-0.2, -0.15) is 26.7 Å². The van der Waals surface area contributed by atoms with E-state index in [1.807, 2.05) is 0 Å². The maximum absolute atomic E-state index is 12.5. The molecule has 6 nitrogen and oxygen atoms in total. The fourth-order valence-electron chi connectivity index (χ4n) is 2.21. The molecule has 0 aliphatic carbocycles. The van der Waals surface area contributed by atoms with Gasteiger partial charge >= 0.3 is 15.6 Å². The maximum atomic E-state index is 12.5. The monoisotopic (exact) mass is 479 g/mol. The van der Waals surface area contributed by atoms with Crippen LogP contribution in [0.15, 0.2) is 53.6 Å². The molecule has 0 aliphatic rings. The van der Waals surface area contributed by atoms with E-state index in [0.717, 1.165) is 12.1 Å². The van der Waals surface area contributed by atoms with Crippen LogP contribution in [0.3, 0.4) is 0 Å². The number of hydrogen-bond donors (Lipinski definition) is 0. The van der Waals surface area contributed by atoms with Crippen molar-refractivity contribution >= 4 is 44.8 Å². The topological polar surface area (TPSA) is 62.2 Å². The molecule has 2 aromatic rings. The summed E-state index contributed by atoms with van der Waals surface area (Å²) in [7, 11) is -0.605. The normalized spacial score (nSPS) is 12.4. The number of alkyl halides is 3. The molecule has 0 spiro atoms. The molecule has 0 aliphatic heterocycles. The summed E-state index contributed by atoms with van der Waals surface area (Å²) in [5.74, 6) is -0.483. The van der Waals surface area contributed by atoms with Gasteiger partial charge in [0.05, 0.1) is 5.71 Å². The zero-order valence-corrected chi connectivity index (χ0v) is 18.4. The molecule has 0 fully saturated rings. The Morgan fingerprint density at radius 2 is 1.47 bits per heavy atom. The molecular formula is C18H17ClF3N3O3S2. The lowest BCUT2D eigenvalue weighted by molar-refractivity contribution is -0.0500. The van der Waals surface area contributed by atoms with Gasteiger partial charge in [0, 0.05) is 37.3 Å². The van der Waals surface area contributed by atoms with E-state index in [9.17, 15) is 21.6 Å². The second kappa shape index (κ2) is 9.19.